The summed E-state index contributed by atoms with van der Waals surface area (Å²) in [5.41, 5.74) is 15.2. The van der Waals surface area contributed by atoms with Crippen LogP contribution < -0.4 is 16.8 Å². The third-order valence-corrected chi connectivity index (χ3v) is 7.20. The number of nitrogens with two attached hydrogens (primary N) is 2. The van der Waals surface area contributed by atoms with E-state index in [1.807, 2.05) is 6.92 Å². The van der Waals surface area contributed by atoms with Gasteiger partial charge < -0.3 is 31.7 Å². The molecule has 0 aliphatic carbocycles. The summed E-state index contributed by atoms with van der Waals surface area (Å²) in [6, 6.07) is 7.63. The maximum atomic E-state index is 12.5. The molecule has 200 valence electrons. The number of nitrogens with zero attached hydrogens (tertiary/aromatic N) is 4. The van der Waals surface area contributed by atoms with E-state index in [0.29, 0.717) is 37.0 Å². The Morgan fingerprint density at radius 1 is 1.16 bits per heavy atom. The Kier molecular flexibility index (Phi) is 8.70. The van der Waals surface area contributed by atoms with E-state index in [9.17, 15) is 15.0 Å². The van der Waals surface area contributed by atoms with Gasteiger partial charge in [0.15, 0.2) is 17.7 Å². The number of amides is 1. The number of aliphatic hydroxyl groups is 2. The third-order valence-electron chi connectivity index (χ3n) is 7.20. The van der Waals surface area contributed by atoms with Gasteiger partial charge in [-0.25, -0.2) is 15.0 Å². The highest BCUT2D eigenvalue weighted by Gasteiger charge is 2.44. The minimum atomic E-state index is -1.15. The average Bonchev–Trinajstić information content (AvgIpc) is 3.44. The molecule has 3 heterocycles. The molecule has 1 saturated heterocycles. The van der Waals surface area contributed by atoms with Gasteiger partial charge >= 0.3 is 0 Å². The molecule has 1 aromatic carbocycles. The number of benzene rings is 1. The molecule has 1 aliphatic rings. The first-order valence-electron chi connectivity index (χ1n) is 12.8. The second kappa shape index (κ2) is 12.0. The maximum Gasteiger partial charge on any atom is 0.236 e. The van der Waals surface area contributed by atoms with Crippen LogP contribution in [0.5, 0.6) is 0 Å². The molecule has 11 nitrogen and oxygen atoms in total. The Balaban J connectivity index is 1.27. The number of aromatic nitrogens is 4. The molecule has 0 bridgehead atoms. The zero-order valence-electron chi connectivity index (χ0n) is 21.3. The van der Waals surface area contributed by atoms with Gasteiger partial charge in [-0.05, 0) is 44.1 Å². The van der Waals surface area contributed by atoms with Crippen LogP contribution in [-0.2, 0) is 16.0 Å². The molecule has 1 amide bonds. The van der Waals surface area contributed by atoms with E-state index in [4.69, 9.17) is 16.2 Å². The molecule has 1 unspecified atom stereocenters. The molecular weight excluding hydrogens is 474 g/mol. The highest BCUT2D eigenvalue weighted by Crippen LogP contribution is 2.35. The number of aliphatic hydroxyl groups excluding tert-OH is 2. The predicted molar refractivity (Wildman–Crippen MR) is 139 cm³/mol. The van der Waals surface area contributed by atoms with Crippen molar-refractivity contribution in [2.24, 2.45) is 11.7 Å². The molecule has 7 N–H and O–H groups in total. The normalized spacial score (nSPS) is 23.3. The highest BCUT2D eigenvalue weighted by molar-refractivity contribution is 5.81. The molecule has 6 atom stereocenters. The Morgan fingerprint density at radius 2 is 1.92 bits per heavy atom. The van der Waals surface area contributed by atoms with Crippen molar-refractivity contribution >= 4 is 22.9 Å². The predicted octanol–water partition coefficient (Wildman–Crippen LogP) is 1.22. The second-order valence-electron chi connectivity index (χ2n) is 9.85. The van der Waals surface area contributed by atoms with Crippen LogP contribution >= 0.6 is 0 Å². The van der Waals surface area contributed by atoms with Crippen LogP contribution in [0.3, 0.4) is 0 Å². The molecule has 0 radical (unpaired) electrons. The van der Waals surface area contributed by atoms with Crippen LogP contribution in [0.2, 0.25) is 0 Å². The minimum absolute atomic E-state index is 0.162. The molecule has 3 aromatic rings. The lowest BCUT2D eigenvalue weighted by Gasteiger charge is -2.22. The van der Waals surface area contributed by atoms with E-state index in [2.05, 4.69) is 51.5 Å². The fourth-order valence-electron chi connectivity index (χ4n) is 4.79. The fraction of sp³-hybridized carbons (Fsp3) is 0.538. The summed E-state index contributed by atoms with van der Waals surface area (Å²) >= 11 is 0. The first-order chi connectivity index (χ1) is 17.8. The molecule has 37 heavy (non-hydrogen) atoms. The maximum absolute atomic E-state index is 12.5. The molecule has 0 saturated carbocycles. The summed E-state index contributed by atoms with van der Waals surface area (Å²) in [6.07, 6.45) is 2.46. The minimum Gasteiger partial charge on any atom is -0.388 e. The first kappa shape index (κ1) is 26.9. The number of fused-ring (bicyclic) bond motifs is 1. The number of nitrogens with one attached hydrogen (secondary N) is 1. The van der Waals surface area contributed by atoms with Crippen LogP contribution in [0.25, 0.3) is 11.2 Å². The van der Waals surface area contributed by atoms with Crippen LogP contribution in [-0.4, -0.2) is 66.5 Å². The molecule has 1 aliphatic heterocycles. The molecule has 0 spiro atoms. The topological polar surface area (TPSA) is 174 Å². The number of anilines is 1. The number of aryl methyl sites for hydroxylation is 1. The van der Waals surface area contributed by atoms with Crippen LogP contribution in [0.15, 0.2) is 36.9 Å². The van der Waals surface area contributed by atoms with Gasteiger partial charge in [0.1, 0.15) is 24.1 Å². The number of carbonyl (C=O) groups excluding carboxylic acids is 1. The summed E-state index contributed by atoms with van der Waals surface area (Å²) in [7, 11) is 0. The molecule has 2 aromatic heterocycles. The van der Waals surface area contributed by atoms with Crippen molar-refractivity contribution in [2.45, 2.75) is 76.5 Å². The van der Waals surface area contributed by atoms with E-state index in [1.54, 1.807) is 4.57 Å². The van der Waals surface area contributed by atoms with Gasteiger partial charge in [0, 0.05) is 6.54 Å². The van der Waals surface area contributed by atoms with Crippen LogP contribution in [0.4, 0.5) is 5.82 Å². The number of imidazole rings is 1. The SMILES string of the molecule is CC[C@@H](CC[C@H](N)C(=O)NCCc1ccc(C)cc1)C[C@H]1O[C@@H](n2cnc3c(N)ncnc32)[C@@H](O)C1O. The molecule has 4 rings (SSSR count). The van der Waals surface area contributed by atoms with Crippen molar-refractivity contribution < 1.29 is 19.7 Å². The Labute approximate surface area is 216 Å². The van der Waals surface area contributed by atoms with Crippen molar-refractivity contribution in [2.75, 3.05) is 12.3 Å². The number of nitrogen functional groups attached to an aromatic ring is 1. The zero-order valence-corrected chi connectivity index (χ0v) is 21.3. The van der Waals surface area contributed by atoms with Crippen molar-refractivity contribution in [3.63, 3.8) is 0 Å². The Hall–Kier alpha value is -3.12. The lowest BCUT2D eigenvalue weighted by atomic mass is 9.90. The average molecular weight is 512 g/mol. The lowest BCUT2D eigenvalue weighted by Crippen LogP contribution is -2.41. The largest absolute Gasteiger partial charge is 0.388 e. The standard InChI is InChI=1S/C26H37N7O4/c1-3-16(8-9-18(27)25(36)29-11-10-17-6-4-15(2)5-7-17)12-19-21(34)22(35)26(37-19)33-14-32-20-23(28)30-13-31-24(20)33/h4-7,13-14,16,18-19,21-22,26,34-35H,3,8-12,27H2,1-2H3,(H,29,36)(H2,28,30,31)/t16-,18-,19+,21?,22-,26+/m0/s1. The number of ether oxygens (including phenoxy) is 1. The fourth-order valence-corrected chi connectivity index (χ4v) is 4.79. The number of carbonyl (C=O) groups is 1. The van der Waals surface area contributed by atoms with E-state index in [-0.39, 0.29) is 17.6 Å². The Morgan fingerprint density at radius 3 is 2.65 bits per heavy atom. The summed E-state index contributed by atoms with van der Waals surface area (Å²) < 4.78 is 7.65. The van der Waals surface area contributed by atoms with Gasteiger partial charge in [0.25, 0.3) is 0 Å². The summed E-state index contributed by atoms with van der Waals surface area (Å²) in [5, 5.41) is 24.4. The summed E-state index contributed by atoms with van der Waals surface area (Å²) in [4.78, 5) is 24.8. The van der Waals surface area contributed by atoms with Crippen LogP contribution in [0.1, 0.15) is 50.0 Å². The third kappa shape index (κ3) is 6.24. The van der Waals surface area contributed by atoms with E-state index in [1.165, 1.54) is 23.8 Å². The second-order valence-corrected chi connectivity index (χ2v) is 9.85. The van der Waals surface area contributed by atoms with Crippen LogP contribution in [0, 0.1) is 12.8 Å². The quantitative estimate of drug-likeness (QED) is 0.253. The van der Waals surface area contributed by atoms with Crippen molar-refractivity contribution in [1.29, 1.82) is 0 Å². The molecule has 11 heteroatoms. The first-order valence-corrected chi connectivity index (χ1v) is 12.8. The van der Waals surface area contributed by atoms with E-state index < -0.39 is 30.6 Å². The van der Waals surface area contributed by atoms with Gasteiger partial charge in [0.2, 0.25) is 5.91 Å². The van der Waals surface area contributed by atoms with Crippen molar-refractivity contribution in [3.8, 4) is 0 Å². The summed E-state index contributed by atoms with van der Waals surface area (Å²) in [5.74, 6) is 0.229. The zero-order chi connectivity index (χ0) is 26.5. The smallest absolute Gasteiger partial charge is 0.236 e. The number of rotatable bonds is 11. The van der Waals surface area contributed by atoms with E-state index >= 15 is 0 Å². The van der Waals surface area contributed by atoms with Crippen molar-refractivity contribution in [1.82, 2.24) is 24.8 Å². The van der Waals surface area contributed by atoms with Gasteiger partial charge in [-0.1, -0.05) is 43.2 Å². The highest BCUT2D eigenvalue weighted by atomic mass is 16.6. The summed E-state index contributed by atoms with van der Waals surface area (Å²) in [6.45, 7) is 4.63. The molecule has 1 fully saturated rings. The van der Waals surface area contributed by atoms with Gasteiger partial charge in [-0.2, -0.15) is 0 Å². The van der Waals surface area contributed by atoms with Gasteiger partial charge in [-0.3, -0.25) is 9.36 Å². The Bertz CT molecular complexity index is 1190. The molecular formula is C26H37N7O4. The monoisotopic (exact) mass is 511 g/mol. The van der Waals surface area contributed by atoms with Gasteiger partial charge in [0.05, 0.1) is 18.5 Å². The number of hydrogen-bond acceptors (Lipinski definition) is 9. The lowest BCUT2D eigenvalue weighted by molar-refractivity contribution is -0.122. The van der Waals surface area contributed by atoms with Crippen molar-refractivity contribution in [3.05, 3.63) is 48.0 Å². The number of hydrogen-bond donors (Lipinski definition) is 5. The van der Waals surface area contributed by atoms with E-state index in [0.717, 1.165) is 12.8 Å². The van der Waals surface area contributed by atoms with Gasteiger partial charge in [-0.15, -0.1) is 0 Å².